The maximum Gasteiger partial charge on any atom is 0.157 e. The van der Waals surface area contributed by atoms with Crippen LogP contribution in [0.3, 0.4) is 0 Å². The van der Waals surface area contributed by atoms with Gasteiger partial charge in [0, 0.05) is 13.2 Å². The normalized spacial score (nSPS) is 19.0. The summed E-state index contributed by atoms with van der Waals surface area (Å²) in [6.45, 7) is 2.04. The van der Waals surface area contributed by atoms with Crippen molar-refractivity contribution in [2.75, 3.05) is 19.8 Å². The van der Waals surface area contributed by atoms with E-state index in [2.05, 4.69) is 15.9 Å². The summed E-state index contributed by atoms with van der Waals surface area (Å²) < 4.78 is 30.3. The maximum absolute atomic E-state index is 13.3. The van der Waals surface area contributed by atoms with Crippen molar-refractivity contribution in [2.45, 2.75) is 38.4 Å². The van der Waals surface area contributed by atoms with E-state index >= 15 is 0 Å². The predicted octanol–water partition coefficient (Wildman–Crippen LogP) is 4.29. The van der Waals surface area contributed by atoms with Gasteiger partial charge in [-0.2, -0.15) is 0 Å². The lowest BCUT2D eigenvalue weighted by molar-refractivity contribution is -0.162. The molecular weight excluding hydrogens is 327 g/mol. The molecule has 1 aromatic carbocycles. The van der Waals surface area contributed by atoms with Crippen molar-refractivity contribution < 1.29 is 18.6 Å². The molecule has 0 amide bonds. The Morgan fingerprint density at radius 3 is 2.90 bits per heavy atom. The van der Waals surface area contributed by atoms with Crippen LogP contribution in [0.2, 0.25) is 0 Å². The molecule has 1 fully saturated rings. The second-order valence-electron chi connectivity index (χ2n) is 4.77. The lowest BCUT2D eigenvalue weighted by Crippen LogP contribution is -2.22. The molecule has 1 heterocycles. The molecule has 1 aliphatic rings. The Morgan fingerprint density at radius 2 is 2.10 bits per heavy atom. The molecule has 0 aliphatic carbocycles. The summed E-state index contributed by atoms with van der Waals surface area (Å²) in [5.41, 5.74) is 0. The summed E-state index contributed by atoms with van der Waals surface area (Å²) >= 11 is 3.17. The van der Waals surface area contributed by atoms with Crippen molar-refractivity contribution in [3.05, 3.63) is 28.5 Å². The number of hydrogen-bond donors (Lipinski definition) is 0. The van der Waals surface area contributed by atoms with Crippen LogP contribution in [0.1, 0.15) is 32.1 Å². The van der Waals surface area contributed by atoms with Gasteiger partial charge in [-0.1, -0.05) is 6.07 Å². The van der Waals surface area contributed by atoms with Gasteiger partial charge in [0.05, 0.1) is 11.1 Å². The molecular formula is C15H20BrFO3. The lowest BCUT2D eigenvalue weighted by Gasteiger charge is -2.22. The molecule has 0 saturated carbocycles. The van der Waals surface area contributed by atoms with Crippen LogP contribution < -0.4 is 4.74 Å². The Labute approximate surface area is 127 Å². The van der Waals surface area contributed by atoms with Crippen LogP contribution in [0.25, 0.3) is 0 Å². The first-order chi connectivity index (χ1) is 9.77. The molecule has 0 radical (unpaired) electrons. The number of unbranched alkanes of at least 4 members (excludes halogenated alkanes) is 1. The number of hydrogen-bond acceptors (Lipinski definition) is 3. The second kappa shape index (κ2) is 8.60. The van der Waals surface area contributed by atoms with Crippen molar-refractivity contribution in [1.82, 2.24) is 0 Å². The molecule has 0 N–H and O–H groups in total. The average Bonchev–Trinajstić information content (AvgIpc) is 2.48. The fourth-order valence-corrected chi connectivity index (χ4v) is 2.42. The second-order valence-corrected chi connectivity index (χ2v) is 5.57. The van der Waals surface area contributed by atoms with Crippen LogP contribution in [0.4, 0.5) is 4.39 Å². The van der Waals surface area contributed by atoms with Gasteiger partial charge in [-0.25, -0.2) is 4.39 Å². The number of halogens is 2. The van der Waals surface area contributed by atoms with Gasteiger partial charge in [0.1, 0.15) is 11.6 Å². The SMILES string of the molecule is Fc1cccc(OCCCCOC2CCCCO2)c1Br. The van der Waals surface area contributed by atoms with Crippen LogP contribution in [0, 0.1) is 5.82 Å². The first kappa shape index (κ1) is 15.7. The zero-order valence-electron chi connectivity index (χ0n) is 11.4. The van der Waals surface area contributed by atoms with Crippen LogP contribution >= 0.6 is 15.9 Å². The average molecular weight is 347 g/mol. The quantitative estimate of drug-likeness (QED) is 0.689. The third-order valence-electron chi connectivity index (χ3n) is 3.15. The summed E-state index contributed by atoms with van der Waals surface area (Å²) in [7, 11) is 0. The summed E-state index contributed by atoms with van der Waals surface area (Å²) in [6.07, 6.45) is 5.06. The first-order valence-corrected chi connectivity index (χ1v) is 7.86. The summed E-state index contributed by atoms with van der Waals surface area (Å²) in [6, 6.07) is 4.79. The molecule has 1 unspecified atom stereocenters. The van der Waals surface area contributed by atoms with E-state index in [-0.39, 0.29) is 12.1 Å². The first-order valence-electron chi connectivity index (χ1n) is 7.07. The highest BCUT2D eigenvalue weighted by atomic mass is 79.9. The van der Waals surface area contributed by atoms with E-state index in [1.807, 2.05) is 0 Å². The number of benzene rings is 1. The van der Waals surface area contributed by atoms with Crippen LogP contribution in [0.15, 0.2) is 22.7 Å². The van der Waals surface area contributed by atoms with Crippen molar-refractivity contribution in [1.29, 1.82) is 0 Å². The van der Waals surface area contributed by atoms with Crippen molar-refractivity contribution in [3.63, 3.8) is 0 Å². The molecule has 112 valence electrons. The van der Waals surface area contributed by atoms with Crippen molar-refractivity contribution >= 4 is 15.9 Å². The molecule has 1 aliphatic heterocycles. The summed E-state index contributed by atoms with van der Waals surface area (Å²) in [4.78, 5) is 0. The van der Waals surface area contributed by atoms with Gasteiger partial charge in [-0.05, 0) is 60.2 Å². The molecule has 2 rings (SSSR count). The molecule has 20 heavy (non-hydrogen) atoms. The number of rotatable bonds is 7. The van der Waals surface area contributed by atoms with Crippen molar-refractivity contribution in [2.24, 2.45) is 0 Å². The summed E-state index contributed by atoms with van der Waals surface area (Å²) in [5, 5.41) is 0. The van der Waals surface area contributed by atoms with Gasteiger partial charge in [0.2, 0.25) is 0 Å². The van der Waals surface area contributed by atoms with E-state index in [0.29, 0.717) is 23.4 Å². The van der Waals surface area contributed by atoms with Gasteiger partial charge in [-0.15, -0.1) is 0 Å². The Morgan fingerprint density at radius 1 is 1.25 bits per heavy atom. The van der Waals surface area contributed by atoms with Crippen LogP contribution in [-0.2, 0) is 9.47 Å². The monoisotopic (exact) mass is 346 g/mol. The Hall–Kier alpha value is -0.650. The largest absolute Gasteiger partial charge is 0.492 e. The van der Waals surface area contributed by atoms with E-state index < -0.39 is 0 Å². The Bertz CT molecular complexity index is 408. The van der Waals surface area contributed by atoms with E-state index in [1.54, 1.807) is 12.1 Å². The highest BCUT2D eigenvalue weighted by Gasteiger charge is 2.13. The minimum atomic E-state index is -0.305. The fraction of sp³-hybridized carbons (Fsp3) is 0.600. The maximum atomic E-state index is 13.3. The topological polar surface area (TPSA) is 27.7 Å². The third kappa shape index (κ3) is 5.04. The number of ether oxygens (including phenoxy) is 3. The standard InChI is InChI=1S/C15H20BrFO3/c16-15-12(17)6-5-7-13(15)18-9-3-4-11-20-14-8-1-2-10-19-14/h5-7,14H,1-4,8-11H2. The van der Waals surface area contributed by atoms with E-state index in [1.165, 1.54) is 12.5 Å². The highest BCUT2D eigenvalue weighted by Crippen LogP contribution is 2.27. The van der Waals surface area contributed by atoms with E-state index in [0.717, 1.165) is 32.3 Å². The molecule has 3 nitrogen and oxygen atoms in total. The minimum absolute atomic E-state index is 0.0259. The molecule has 5 heteroatoms. The third-order valence-corrected chi connectivity index (χ3v) is 3.92. The van der Waals surface area contributed by atoms with E-state index in [4.69, 9.17) is 14.2 Å². The zero-order valence-corrected chi connectivity index (χ0v) is 13.0. The lowest BCUT2D eigenvalue weighted by atomic mass is 10.2. The Kier molecular flexibility index (Phi) is 6.76. The smallest absolute Gasteiger partial charge is 0.157 e. The minimum Gasteiger partial charge on any atom is -0.492 e. The predicted molar refractivity (Wildman–Crippen MR) is 78.4 cm³/mol. The van der Waals surface area contributed by atoms with Gasteiger partial charge >= 0.3 is 0 Å². The van der Waals surface area contributed by atoms with Gasteiger partial charge in [-0.3, -0.25) is 0 Å². The van der Waals surface area contributed by atoms with Gasteiger partial charge in [0.15, 0.2) is 6.29 Å². The van der Waals surface area contributed by atoms with Crippen LogP contribution in [-0.4, -0.2) is 26.1 Å². The molecule has 0 bridgehead atoms. The van der Waals surface area contributed by atoms with Gasteiger partial charge < -0.3 is 14.2 Å². The summed E-state index contributed by atoms with van der Waals surface area (Å²) in [5.74, 6) is 0.238. The molecule has 0 aromatic heterocycles. The van der Waals surface area contributed by atoms with Gasteiger partial charge in [0.25, 0.3) is 0 Å². The molecule has 1 saturated heterocycles. The fourth-order valence-electron chi connectivity index (χ4n) is 2.04. The van der Waals surface area contributed by atoms with Crippen molar-refractivity contribution in [3.8, 4) is 5.75 Å². The zero-order chi connectivity index (χ0) is 14.2. The highest BCUT2D eigenvalue weighted by molar-refractivity contribution is 9.10. The van der Waals surface area contributed by atoms with E-state index in [9.17, 15) is 4.39 Å². The molecule has 1 aromatic rings. The molecule has 0 spiro atoms. The van der Waals surface area contributed by atoms with Crippen LogP contribution in [0.5, 0.6) is 5.75 Å². The Balaban J connectivity index is 1.56. The molecule has 1 atom stereocenters.